The Morgan fingerprint density at radius 1 is 1.42 bits per heavy atom. The van der Waals surface area contributed by atoms with Crippen LogP contribution < -0.4 is 5.32 Å². The first-order valence-corrected chi connectivity index (χ1v) is 5.88. The molecular weight excluding hydrogens is 247 g/mol. The summed E-state index contributed by atoms with van der Waals surface area (Å²) in [7, 11) is 1.31. The molecule has 1 N–H and O–H groups in total. The Balaban J connectivity index is 2.34. The minimum Gasteiger partial charge on any atom is -0.453 e. The molecule has 0 saturated heterocycles. The smallest absolute Gasteiger partial charge is 0.407 e. The average molecular weight is 262 g/mol. The monoisotopic (exact) mass is 262 g/mol. The molecule has 1 unspecified atom stereocenters. The van der Waals surface area contributed by atoms with E-state index < -0.39 is 11.6 Å². The molecule has 1 atom stereocenters. The Bertz CT molecular complexity index is 537. The number of carbonyl (C=O) groups excluding carboxylic acids is 1. The van der Waals surface area contributed by atoms with Gasteiger partial charge in [0, 0.05) is 6.21 Å². The fourth-order valence-electron chi connectivity index (χ4n) is 2.06. The van der Waals surface area contributed by atoms with Crippen molar-refractivity contribution in [2.24, 2.45) is 4.99 Å². The lowest BCUT2D eigenvalue weighted by molar-refractivity contribution is 0.163. The van der Waals surface area contributed by atoms with Crippen molar-refractivity contribution < 1.29 is 13.9 Å². The van der Waals surface area contributed by atoms with Crippen LogP contribution in [0.4, 0.5) is 9.18 Å². The van der Waals surface area contributed by atoms with Crippen LogP contribution in [-0.4, -0.2) is 31.5 Å². The normalized spacial score (nSPS) is 21.7. The molecule has 0 aromatic heterocycles. The number of benzene rings is 1. The molecule has 1 aliphatic heterocycles. The van der Waals surface area contributed by atoms with Gasteiger partial charge in [-0.15, -0.1) is 0 Å². The topological polar surface area (TPSA) is 50.7 Å². The van der Waals surface area contributed by atoms with Crippen LogP contribution in [0.2, 0.25) is 0 Å². The largest absolute Gasteiger partial charge is 0.453 e. The molecule has 0 bridgehead atoms. The van der Waals surface area contributed by atoms with E-state index in [-0.39, 0.29) is 5.82 Å². The Morgan fingerprint density at radius 3 is 2.74 bits per heavy atom. The SMILES string of the molecule is COC(=O)NC1(C)CN=CC=C1c1ccc(F)cc1. The number of methoxy groups -OCH3 is 1. The number of hydrogen-bond donors (Lipinski definition) is 1. The molecule has 0 radical (unpaired) electrons. The lowest BCUT2D eigenvalue weighted by atomic mass is 9.85. The summed E-state index contributed by atoms with van der Waals surface area (Å²) in [5, 5.41) is 2.77. The van der Waals surface area contributed by atoms with Crippen LogP contribution in [0.25, 0.3) is 5.57 Å². The Kier molecular flexibility index (Phi) is 3.64. The van der Waals surface area contributed by atoms with Crippen LogP contribution in [0.1, 0.15) is 12.5 Å². The number of nitrogens with one attached hydrogen (secondary N) is 1. The summed E-state index contributed by atoms with van der Waals surface area (Å²) in [5.74, 6) is -0.295. The molecule has 0 saturated carbocycles. The number of amides is 1. The van der Waals surface area contributed by atoms with Gasteiger partial charge in [0.2, 0.25) is 0 Å². The van der Waals surface area contributed by atoms with Crippen LogP contribution in [-0.2, 0) is 4.74 Å². The van der Waals surface area contributed by atoms with Gasteiger partial charge >= 0.3 is 6.09 Å². The van der Waals surface area contributed by atoms with Gasteiger partial charge in [0.15, 0.2) is 0 Å². The first-order chi connectivity index (χ1) is 9.05. The summed E-state index contributed by atoms with van der Waals surface area (Å²) in [4.78, 5) is 15.6. The standard InChI is InChI=1S/C14H15FN2O2/c1-14(17-13(18)19-2)9-16-8-7-12(14)10-3-5-11(15)6-4-10/h3-8H,9H2,1-2H3,(H,17,18). The minimum atomic E-state index is -0.667. The molecule has 1 heterocycles. The van der Waals surface area contributed by atoms with Gasteiger partial charge in [-0.2, -0.15) is 0 Å². The van der Waals surface area contributed by atoms with Gasteiger partial charge in [-0.3, -0.25) is 4.99 Å². The molecule has 5 heteroatoms. The van der Waals surface area contributed by atoms with Gasteiger partial charge in [-0.25, -0.2) is 9.18 Å². The fourth-order valence-corrected chi connectivity index (χ4v) is 2.06. The second-order valence-electron chi connectivity index (χ2n) is 4.53. The first kappa shape index (κ1) is 13.3. The summed E-state index contributed by atoms with van der Waals surface area (Å²) in [6, 6.07) is 6.13. The molecular formula is C14H15FN2O2. The van der Waals surface area contributed by atoms with Crippen LogP contribution >= 0.6 is 0 Å². The third-order valence-corrected chi connectivity index (χ3v) is 3.07. The van der Waals surface area contributed by atoms with Gasteiger partial charge in [-0.1, -0.05) is 12.1 Å². The minimum absolute atomic E-state index is 0.295. The number of halogens is 1. The lowest BCUT2D eigenvalue weighted by Crippen LogP contribution is -2.50. The number of nitrogens with zero attached hydrogens (tertiary/aromatic N) is 1. The molecule has 0 aliphatic carbocycles. The maximum absolute atomic E-state index is 13.0. The highest BCUT2D eigenvalue weighted by Crippen LogP contribution is 2.29. The summed E-state index contributed by atoms with van der Waals surface area (Å²) >= 11 is 0. The van der Waals surface area contributed by atoms with Gasteiger partial charge in [0.1, 0.15) is 5.82 Å². The molecule has 0 fully saturated rings. The highest BCUT2D eigenvalue weighted by Gasteiger charge is 2.33. The average Bonchev–Trinajstić information content (AvgIpc) is 2.40. The van der Waals surface area contributed by atoms with E-state index in [0.29, 0.717) is 6.54 Å². The van der Waals surface area contributed by atoms with Gasteiger partial charge in [0.05, 0.1) is 19.2 Å². The van der Waals surface area contributed by atoms with Crippen LogP contribution in [0.15, 0.2) is 35.3 Å². The zero-order chi connectivity index (χ0) is 13.9. The lowest BCUT2D eigenvalue weighted by Gasteiger charge is -2.33. The van der Waals surface area contributed by atoms with Crippen molar-refractivity contribution in [2.45, 2.75) is 12.5 Å². The van der Waals surface area contributed by atoms with Crippen LogP contribution in [0, 0.1) is 5.82 Å². The van der Waals surface area contributed by atoms with Crippen molar-refractivity contribution in [1.82, 2.24) is 5.32 Å². The van der Waals surface area contributed by atoms with E-state index in [1.54, 1.807) is 18.3 Å². The van der Waals surface area contributed by atoms with Crippen molar-refractivity contribution in [3.05, 3.63) is 41.7 Å². The van der Waals surface area contributed by atoms with Crippen molar-refractivity contribution in [2.75, 3.05) is 13.7 Å². The summed E-state index contributed by atoms with van der Waals surface area (Å²) in [6.07, 6.45) is 2.97. The van der Waals surface area contributed by atoms with E-state index in [2.05, 4.69) is 15.0 Å². The molecule has 1 amide bonds. The number of ether oxygens (including phenoxy) is 1. The van der Waals surface area contributed by atoms with Crippen molar-refractivity contribution in [3.63, 3.8) is 0 Å². The summed E-state index contributed by atoms with van der Waals surface area (Å²) < 4.78 is 17.6. The second kappa shape index (κ2) is 5.22. The molecule has 1 aromatic carbocycles. The van der Waals surface area contributed by atoms with E-state index in [0.717, 1.165) is 11.1 Å². The van der Waals surface area contributed by atoms with Crippen LogP contribution in [0.5, 0.6) is 0 Å². The third-order valence-electron chi connectivity index (χ3n) is 3.07. The molecule has 19 heavy (non-hydrogen) atoms. The fraction of sp³-hybridized carbons (Fsp3) is 0.286. The van der Waals surface area contributed by atoms with E-state index in [9.17, 15) is 9.18 Å². The zero-order valence-corrected chi connectivity index (χ0v) is 10.8. The van der Waals surface area contributed by atoms with Crippen molar-refractivity contribution >= 4 is 17.9 Å². The maximum atomic E-state index is 13.0. The predicted octanol–water partition coefficient (Wildman–Crippen LogP) is 2.41. The highest BCUT2D eigenvalue weighted by atomic mass is 19.1. The van der Waals surface area contributed by atoms with E-state index in [1.807, 2.05) is 13.0 Å². The number of dihydropyridines is 1. The Hall–Kier alpha value is -2.17. The Labute approximate surface area is 111 Å². The van der Waals surface area contributed by atoms with Crippen molar-refractivity contribution in [1.29, 1.82) is 0 Å². The molecule has 0 spiro atoms. The van der Waals surface area contributed by atoms with E-state index in [1.165, 1.54) is 19.2 Å². The number of rotatable bonds is 2. The number of allylic oxidation sites excluding steroid dienone is 1. The molecule has 4 nitrogen and oxygen atoms in total. The number of hydrogen-bond acceptors (Lipinski definition) is 3. The second-order valence-corrected chi connectivity index (χ2v) is 4.53. The number of alkyl carbamates (subject to hydrolysis) is 1. The number of aliphatic imine (C=N–C) groups is 1. The van der Waals surface area contributed by atoms with Gasteiger partial charge in [0.25, 0.3) is 0 Å². The van der Waals surface area contributed by atoms with E-state index >= 15 is 0 Å². The molecule has 1 aliphatic rings. The zero-order valence-electron chi connectivity index (χ0n) is 10.8. The Morgan fingerprint density at radius 2 is 2.11 bits per heavy atom. The third kappa shape index (κ3) is 2.81. The first-order valence-electron chi connectivity index (χ1n) is 5.88. The van der Waals surface area contributed by atoms with Gasteiger partial charge in [-0.05, 0) is 36.3 Å². The molecule has 1 aromatic rings. The number of carbonyl (C=O) groups is 1. The van der Waals surface area contributed by atoms with Crippen LogP contribution in [0.3, 0.4) is 0 Å². The highest BCUT2D eigenvalue weighted by molar-refractivity contribution is 5.91. The van der Waals surface area contributed by atoms with Gasteiger partial charge < -0.3 is 10.1 Å². The van der Waals surface area contributed by atoms with Crippen molar-refractivity contribution in [3.8, 4) is 0 Å². The summed E-state index contributed by atoms with van der Waals surface area (Å²) in [5.41, 5.74) is 1.04. The molecule has 2 rings (SSSR count). The molecule has 100 valence electrons. The summed E-state index contributed by atoms with van der Waals surface area (Å²) in [6.45, 7) is 2.26. The van der Waals surface area contributed by atoms with E-state index in [4.69, 9.17) is 0 Å². The maximum Gasteiger partial charge on any atom is 0.407 e. The quantitative estimate of drug-likeness (QED) is 0.889. The predicted molar refractivity (Wildman–Crippen MR) is 71.7 cm³/mol.